The molecular formula is C34H73P. The molecule has 0 aromatic heterocycles. The van der Waals surface area contributed by atoms with Crippen LogP contribution in [0.5, 0.6) is 0 Å². The second kappa shape index (κ2) is 29.0. The van der Waals surface area contributed by atoms with E-state index >= 15 is 0 Å². The summed E-state index contributed by atoms with van der Waals surface area (Å²) in [5, 5.41) is 0. The molecule has 0 aliphatic heterocycles. The molecule has 0 saturated carbocycles. The van der Waals surface area contributed by atoms with Gasteiger partial charge in [-0.1, -0.05) is 0 Å². The van der Waals surface area contributed by atoms with Gasteiger partial charge in [0.1, 0.15) is 0 Å². The fourth-order valence-electron chi connectivity index (χ4n) is 6.22. The van der Waals surface area contributed by atoms with E-state index < -0.39 is 7.26 Å². The maximum atomic E-state index is 2.36. The van der Waals surface area contributed by atoms with Crippen molar-refractivity contribution in [2.24, 2.45) is 0 Å². The molecule has 0 heterocycles. The van der Waals surface area contributed by atoms with Crippen LogP contribution in [-0.2, 0) is 0 Å². The molecule has 0 aliphatic rings. The van der Waals surface area contributed by atoms with Gasteiger partial charge < -0.3 is 0 Å². The number of hydrogen-bond acceptors (Lipinski definition) is 0. The third kappa shape index (κ3) is 24.5. The maximum absolute atomic E-state index is 2.36. The molecule has 0 unspecified atom stereocenters. The van der Waals surface area contributed by atoms with Gasteiger partial charge in [0.15, 0.2) is 0 Å². The minimum atomic E-state index is -1.08. The predicted molar refractivity (Wildman–Crippen MR) is 171 cm³/mol. The van der Waals surface area contributed by atoms with Crippen LogP contribution in [0.15, 0.2) is 0 Å². The first-order chi connectivity index (χ1) is 17.2. The molecule has 0 radical (unpaired) electrons. The van der Waals surface area contributed by atoms with E-state index in [9.17, 15) is 0 Å². The Morgan fingerprint density at radius 3 is 0.600 bits per heavy atom. The Hall–Kier alpha value is 0.430. The zero-order chi connectivity index (χ0) is 25.7. The monoisotopic (exact) mass is 513 g/mol. The summed E-state index contributed by atoms with van der Waals surface area (Å²) in [4.78, 5) is 0. The van der Waals surface area contributed by atoms with Crippen LogP contribution >= 0.6 is 7.26 Å². The van der Waals surface area contributed by atoms with E-state index in [0.717, 1.165) is 0 Å². The van der Waals surface area contributed by atoms with E-state index in [2.05, 4.69) is 27.7 Å². The van der Waals surface area contributed by atoms with Crippen molar-refractivity contribution in [3.05, 3.63) is 0 Å². The Bertz CT molecular complexity index is 331. The van der Waals surface area contributed by atoms with Gasteiger partial charge in [-0.15, -0.1) is 0 Å². The fraction of sp³-hybridized carbons (Fsp3) is 1.00. The number of rotatable bonds is 30. The van der Waals surface area contributed by atoms with Gasteiger partial charge in [-0.3, -0.25) is 0 Å². The zero-order valence-corrected chi connectivity index (χ0v) is 26.7. The first kappa shape index (κ1) is 35.4. The molecule has 0 bridgehead atoms. The Morgan fingerprint density at radius 1 is 0.229 bits per heavy atom. The molecule has 214 valence electrons. The van der Waals surface area contributed by atoms with Crippen LogP contribution in [0.2, 0.25) is 0 Å². The fourth-order valence-corrected chi connectivity index (χ4v) is 11.7. The van der Waals surface area contributed by atoms with Gasteiger partial charge in [-0.05, 0) is 0 Å². The third-order valence-corrected chi connectivity index (χ3v) is 14.4. The molecule has 0 fully saturated rings. The van der Waals surface area contributed by atoms with Gasteiger partial charge in [0.25, 0.3) is 0 Å². The van der Waals surface area contributed by atoms with Crippen molar-refractivity contribution in [3.63, 3.8) is 0 Å². The third-order valence-electron chi connectivity index (χ3n) is 8.74. The van der Waals surface area contributed by atoms with E-state index in [-0.39, 0.29) is 0 Å². The van der Waals surface area contributed by atoms with Crippen LogP contribution in [0.25, 0.3) is 0 Å². The molecule has 0 saturated heterocycles. The van der Waals surface area contributed by atoms with E-state index in [1.54, 1.807) is 50.3 Å². The topological polar surface area (TPSA) is 0 Å². The van der Waals surface area contributed by atoms with Crippen LogP contribution in [0.1, 0.15) is 195 Å². The SMILES string of the molecule is CCCCCCCCC[PH](CCCCCCC)(CCCCCCCCC)CCCCCCCCC. The van der Waals surface area contributed by atoms with E-state index in [0.29, 0.717) is 0 Å². The summed E-state index contributed by atoms with van der Waals surface area (Å²) >= 11 is 0. The van der Waals surface area contributed by atoms with Crippen molar-refractivity contribution < 1.29 is 0 Å². The first-order valence-electron chi connectivity index (χ1n) is 17.2. The van der Waals surface area contributed by atoms with E-state index in [1.165, 1.54) is 141 Å². The van der Waals surface area contributed by atoms with Crippen molar-refractivity contribution in [1.82, 2.24) is 0 Å². The van der Waals surface area contributed by atoms with E-state index in [1.807, 2.05) is 0 Å². The molecule has 0 aromatic rings. The average molecular weight is 513 g/mol. The van der Waals surface area contributed by atoms with Crippen LogP contribution in [0.4, 0.5) is 0 Å². The Morgan fingerprint density at radius 2 is 0.400 bits per heavy atom. The molecule has 0 amide bonds. The predicted octanol–water partition coefficient (Wildman–Crippen LogP) is 13.0. The second-order valence-corrected chi connectivity index (χ2v) is 17.3. The van der Waals surface area contributed by atoms with Crippen molar-refractivity contribution in [2.45, 2.75) is 195 Å². The molecule has 1 heteroatoms. The molecular weight excluding hydrogens is 439 g/mol. The van der Waals surface area contributed by atoms with Crippen molar-refractivity contribution >= 4 is 7.26 Å². The van der Waals surface area contributed by atoms with Gasteiger partial charge in [-0.2, -0.15) is 0 Å². The van der Waals surface area contributed by atoms with Crippen LogP contribution in [0, 0.1) is 0 Å². The van der Waals surface area contributed by atoms with Gasteiger partial charge in [-0.25, -0.2) is 0 Å². The van der Waals surface area contributed by atoms with Crippen molar-refractivity contribution in [1.29, 1.82) is 0 Å². The van der Waals surface area contributed by atoms with Gasteiger partial charge in [0.2, 0.25) is 0 Å². The standard InChI is InChI=1S/C34H73P/c1-5-9-13-17-20-24-28-32-35(31-27-23-16-12-8-4,33-29-25-21-18-14-10-6-2)34-30-26-22-19-15-11-7-3/h35H,5-34H2,1-4H3. The number of unbranched alkanes of at least 4 members (excludes halogenated alkanes) is 22. The Labute approximate surface area is 226 Å². The first-order valence-corrected chi connectivity index (χ1v) is 20.1. The van der Waals surface area contributed by atoms with Gasteiger partial charge >= 0.3 is 227 Å². The number of hydrogen-bond donors (Lipinski definition) is 0. The van der Waals surface area contributed by atoms with Crippen LogP contribution in [-0.4, -0.2) is 24.6 Å². The second-order valence-electron chi connectivity index (χ2n) is 12.3. The summed E-state index contributed by atoms with van der Waals surface area (Å²) in [7, 11) is -1.08. The zero-order valence-electron chi connectivity index (χ0n) is 25.7. The summed E-state index contributed by atoms with van der Waals surface area (Å²) in [5.74, 6) is 0. The minimum absolute atomic E-state index is 1.08. The summed E-state index contributed by atoms with van der Waals surface area (Å²) in [6.07, 6.45) is 45.4. The molecule has 0 atom stereocenters. The molecule has 0 rings (SSSR count). The molecule has 0 aromatic carbocycles. The summed E-state index contributed by atoms with van der Waals surface area (Å²) < 4.78 is 0. The summed E-state index contributed by atoms with van der Waals surface area (Å²) in [6, 6.07) is 0. The van der Waals surface area contributed by atoms with E-state index in [4.69, 9.17) is 0 Å². The van der Waals surface area contributed by atoms with Crippen LogP contribution in [0.3, 0.4) is 0 Å². The average Bonchev–Trinajstić information content (AvgIpc) is 2.87. The summed E-state index contributed by atoms with van der Waals surface area (Å²) in [5.41, 5.74) is 0. The molecule has 35 heavy (non-hydrogen) atoms. The van der Waals surface area contributed by atoms with Crippen molar-refractivity contribution in [2.75, 3.05) is 24.6 Å². The Balaban J connectivity index is 4.73. The molecule has 0 nitrogen and oxygen atoms in total. The molecule has 0 aliphatic carbocycles. The van der Waals surface area contributed by atoms with Gasteiger partial charge in [0.05, 0.1) is 0 Å². The quantitative estimate of drug-likeness (QED) is 0.0663. The van der Waals surface area contributed by atoms with Crippen LogP contribution < -0.4 is 0 Å². The van der Waals surface area contributed by atoms with Crippen molar-refractivity contribution in [3.8, 4) is 0 Å². The normalized spacial score (nSPS) is 12.5. The summed E-state index contributed by atoms with van der Waals surface area (Å²) in [6.45, 7) is 9.39. The molecule has 0 spiro atoms. The Kier molecular flexibility index (Phi) is 29.3. The van der Waals surface area contributed by atoms with Gasteiger partial charge in [0, 0.05) is 0 Å². The molecule has 0 N–H and O–H groups in total.